The summed E-state index contributed by atoms with van der Waals surface area (Å²) in [7, 11) is 0. The minimum atomic E-state index is -0.514. The van der Waals surface area contributed by atoms with Gasteiger partial charge in [-0.15, -0.1) is 0 Å². The van der Waals surface area contributed by atoms with Crippen LogP contribution in [0.25, 0.3) is 16.6 Å². The Kier molecular flexibility index (Phi) is 7.01. The smallest absolute Gasteiger partial charge is 0.407 e. The Balaban J connectivity index is 1.47. The fourth-order valence-corrected chi connectivity index (χ4v) is 4.76. The molecule has 2 heterocycles. The number of hydrogen-bond donors (Lipinski definition) is 1. The third-order valence-electron chi connectivity index (χ3n) is 6.15. The van der Waals surface area contributed by atoms with Crippen LogP contribution >= 0.6 is 11.6 Å². The maximum Gasteiger partial charge on any atom is 0.407 e. The normalized spacial score (nSPS) is 15.4. The highest BCUT2D eigenvalue weighted by molar-refractivity contribution is 6.30. The van der Waals surface area contributed by atoms with E-state index in [1.165, 1.54) is 0 Å². The topological polar surface area (TPSA) is 63.6 Å². The van der Waals surface area contributed by atoms with Crippen LogP contribution in [0.3, 0.4) is 0 Å². The first-order valence-corrected chi connectivity index (χ1v) is 12.1. The molecule has 2 aromatic carbocycles. The summed E-state index contributed by atoms with van der Waals surface area (Å²) >= 11 is 6.09. The molecule has 0 spiro atoms. The summed E-state index contributed by atoms with van der Waals surface area (Å²) < 4.78 is 7.48. The summed E-state index contributed by atoms with van der Waals surface area (Å²) in [4.78, 5) is 27.7. The lowest BCUT2D eigenvalue weighted by Gasteiger charge is -2.32. The number of nitrogens with zero attached hydrogens (tertiary/aromatic N) is 2. The zero-order valence-electron chi connectivity index (χ0n) is 20.2. The Morgan fingerprint density at radius 3 is 2.35 bits per heavy atom. The van der Waals surface area contributed by atoms with E-state index >= 15 is 0 Å². The van der Waals surface area contributed by atoms with E-state index in [2.05, 4.69) is 14.8 Å². The second kappa shape index (κ2) is 9.80. The molecule has 1 amide bonds. The quantitative estimate of drug-likeness (QED) is 0.470. The number of piperidine rings is 1. The predicted molar refractivity (Wildman–Crippen MR) is 136 cm³/mol. The van der Waals surface area contributed by atoms with Gasteiger partial charge in [0.2, 0.25) is 0 Å². The number of aromatic nitrogens is 1. The second-order valence-electron chi connectivity index (χ2n) is 9.91. The summed E-state index contributed by atoms with van der Waals surface area (Å²) in [5, 5.41) is 4.59. The van der Waals surface area contributed by atoms with Crippen LogP contribution in [-0.2, 0) is 4.74 Å². The number of nitrogens with one attached hydrogen (secondary N) is 1. The SMILES string of the molecule is Cc1c(C(=O)CN2CCC(NC(=O)OC(C)(C)C)CC2)c2ccccc2n1-c1ccc(Cl)cc1. The summed E-state index contributed by atoms with van der Waals surface area (Å²) in [6.45, 7) is 9.42. The number of ketones is 1. The number of hydrogen-bond acceptors (Lipinski definition) is 4. The van der Waals surface area contributed by atoms with Crippen LogP contribution in [-0.4, -0.2) is 52.6 Å². The van der Waals surface area contributed by atoms with Gasteiger partial charge >= 0.3 is 6.09 Å². The van der Waals surface area contributed by atoms with E-state index in [-0.39, 0.29) is 17.9 Å². The van der Waals surface area contributed by atoms with Crippen molar-refractivity contribution in [2.24, 2.45) is 0 Å². The number of fused-ring (bicyclic) bond motifs is 1. The zero-order valence-corrected chi connectivity index (χ0v) is 21.0. The molecule has 0 atom stereocenters. The molecule has 6 nitrogen and oxygen atoms in total. The number of benzene rings is 2. The molecule has 0 bridgehead atoms. The molecule has 1 aliphatic heterocycles. The Labute approximate surface area is 205 Å². The molecule has 7 heteroatoms. The van der Waals surface area contributed by atoms with Crippen molar-refractivity contribution in [1.82, 2.24) is 14.8 Å². The largest absolute Gasteiger partial charge is 0.444 e. The fraction of sp³-hybridized carbons (Fsp3) is 0.407. The maximum atomic E-state index is 13.5. The highest BCUT2D eigenvalue weighted by atomic mass is 35.5. The molecule has 1 fully saturated rings. The molecule has 3 aromatic rings. The molecule has 0 aliphatic carbocycles. The average Bonchev–Trinajstić information content (AvgIpc) is 3.06. The molecule has 0 saturated carbocycles. The monoisotopic (exact) mass is 481 g/mol. The minimum Gasteiger partial charge on any atom is -0.444 e. The van der Waals surface area contributed by atoms with Gasteiger partial charge in [0.1, 0.15) is 5.60 Å². The molecule has 1 aliphatic rings. The van der Waals surface area contributed by atoms with E-state index in [0.717, 1.165) is 53.8 Å². The summed E-state index contributed by atoms with van der Waals surface area (Å²) in [6, 6.07) is 15.8. The summed E-state index contributed by atoms with van der Waals surface area (Å²) in [6.07, 6.45) is 1.20. The highest BCUT2D eigenvalue weighted by Crippen LogP contribution is 2.30. The molecule has 0 unspecified atom stereocenters. The van der Waals surface area contributed by atoms with Crippen molar-refractivity contribution in [3.8, 4) is 5.69 Å². The molecule has 1 saturated heterocycles. The van der Waals surface area contributed by atoms with Crippen LogP contribution in [0.15, 0.2) is 48.5 Å². The molecule has 4 rings (SSSR count). The van der Waals surface area contributed by atoms with Crippen LogP contribution in [0.2, 0.25) is 5.02 Å². The van der Waals surface area contributed by atoms with Gasteiger partial charge in [-0.25, -0.2) is 4.79 Å². The fourth-order valence-electron chi connectivity index (χ4n) is 4.63. The van der Waals surface area contributed by atoms with Crippen LogP contribution in [0.5, 0.6) is 0 Å². The Hall–Kier alpha value is -2.83. The third kappa shape index (κ3) is 5.45. The Morgan fingerprint density at radius 2 is 1.71 bits per heavy atom. The Bertz CT molecular complexity index is 1190. The lowest BCUT2D eigenvalue weighted by molar-refractivity contribution is 0.0476. The highest BCUT2D eigenvalue weighted by Gasteiger charge is 2.27. The number of alkyl carbamates (subject to hydrolysis) is 1. The number of carbonyl (C=O) groups is 2. The first-order valence-electron chi connectivity index (χ1n) is 11.7. The van der Waals surface area contributed by atoms with Gasteiger partial charge in [-0.05, 0) is 70.9 Å². The second-order valence-corrected chi connectivity index (χ2v) is 10.3. The van der Waals surface area contributed by atoms with E-state index in [0.29, 0.717) is 11.6 Å². The van der Waals surface area contributed by atoms with Crippen molar-refractivity contribution in [3.63, 3.8) is 0 Å². The molecule has 180 valence electrons. The molecule has 34 heavy (non-hydrogen) atoms. The van der Waals surface area contributed by atoms with Crippen molar-refractivity contribution in [2.75, 3.05) is 19.6 Å². The van der Waals surface area contributed by atoms with E-state index < -0.39 is 5.60 Å². The number of para-hydroxylation sites is 1. The summed E-state index contributed by atoms with van der Waals surface area (Å²) in [5.74, 6) is 0.111. The lowest BCUT2D eigenvalue weighted by Crippen LogP contribution is -2.47. The first-order chi connectivity index (χ1) is 16.1. The van der Waals surface area contributed by atoms with Gasteiger partial charge in [0, 0.05) is 46.5 Å². The van der Waals surface area contributed by atoms with Gasteiger partial charge < -0.3 is 14.6 Å². The predicted octanol–water partition coefficient (Wildman–Crippen LogP) is 5.76. The van der Waals surface area contributed by atoms with E-state index in [4.69, 9.17) is 16.3 Å². The number of halogens is 1. The first kappa shape index (κ1) is 24.3. The Morgan fingerprint density at radius 1 is 1.06 bits per heavy atom. The minimum absolute atomic E-state index is 0.0646. The van der Waals surface area contributed by atoms with Crippen LogP contribution in [0.4, 0.5) is 4.79 Å². The molecular formula is C27H32ClN3O3. The van der Waals surface area contributed by atoms with E-state index in [1.54, 1.807) is 0 Å². The van der Waals surface area contributed by atoms with Crippen LogP contribution in [0, 0.1) is 6.92 Å². The van der Waals surface area contributed by atoms with Crippen LogP contribution in [0.1, 0.15) is 49.7 Å². The third-order valence-corrected chi connectivity index (χ3v) is 6.40. The molecule has 1 N–H and O–H groups in total. The van der Waals surface area contributed by atoms with Crippen molar-refractivity contribution >= 4 is 34.4 Å². The summed E-state index contributed by atoms with van der Waals surface area (Å²) in [5.41, 5.74) is 3.16. The molecular weight excluding hydrogens is 450 g/mol. The van der Waals surface area contributed by atoms with E-state index in [1.807, 2.05) is 76.2 Å². The molecule has 0 radical (unpaired) electrons. The van der Waals surface area contributed by atoms with Gasteiger partial charge in [0.15, 0.2) is 5.78 Å². The van der Waals surface area contributed by atoms with Gasteiger partial charge in [0.05, 0.1) is 12.1 Å². The van der Waals surface area contributed by atoms with Crippen LogP contribution < -0.4 is 5.32 Å². The standard InChI is InChI=1S/C27H32ClN3O3/c1-18-25(22-7-5-6-8-23(22)31(18)21-11-9-19(28)10-12-21)24(32)17-30-15-13-20(14-16-30)29-26(33)34-27(2,3)4/h5-12,20H,13-17H2,1-4H3,(H,29,33). The van der Waals surface area contributed by atoms with Gasteiger partial charge in [-0.3, -0.25) is 9.69 Å². The van der Waals surface area contributed by atoms with Crippen molar-refractivity contribution < 1.29 is 14.3 Å². The number of carbonyl (C=O) groups excluding carboxylic acids is 2. The van der Waals surface area contributed by atoms with Gasteiger partial charge in [-0.2, -0.15) is 0 Å². The van der Waals surface area contributed by atoms with Crippen molar-refractivity contribution in [3.05, 3.63) is 64.8 Å². The van der Waals surface area contributed by atoms with Crippen molar-refractivity contribution in [2.45, 2.75) is 52.2 Å². The number of likely N-dealkylation sites (tertiary alicyclic amines) is 1. The van der Waals surface area contributed by atoms with E-state index in [9.17, 15) is 9.59 Å². The van der Waals surface area contributed by atoms with Gasteiger partial charge in [0.25, 0.3) is 0 Å². The molecule has 1 aromatic heterocycles. The zero-order chi connectivity index (χ0) is 24.5. The lowest BCUT2D eigenvalue weighted by atomic mass is 10.0. The number of rotatable bonds is 5. The number of Topliss-reactive ketones (excluding diaryl/α,β-unsaturated/α-hetero) is 1. The van der Waals surface area contributed by atoms with Crippen molar-refractivity contribution in [1.29, 1.82) is 0 Å². The number of ether oxygens (including phenoxy) is 1. The van der Waals surface area contributed by atoms with Gasteiger partial charge in [-0.1, -0.05) is 29.8 Å². The average molecular weight is 482 g/mol. The maximum absolute atomic E-state index is 13.5. The number of amides is 1.